The zero-order valence-electron chi connectivity index (χ0n) is 14.9. The zero-order valence-corrected chi connectivity index (χ0v) is 14.9. The third-order valence-electron chi connectivity index (χ3n) is 4.84. The first-order valence-corrected chi connectivity index (χ1v) is 9.03. The lowest BCUT2D eigenvalue weighted by Gasteiger charge is -2.25. The van der Waals surface area contributed by atoms with Gasteiger partial charge in [-0.1, -0.05) is 24.6 Å². The van der Waals surface area contributed by atoms with Crippen LogP contribution >= 0.6 is 0 Å². The Morgan fingerprint density at radius 3 is 2.11 bits per heavy atom. The summed E-state index contributed by atoms with van der Waals surface area (Å²) in [5, 5.41) is 14.8. The van der Waals surface area contributed by atoms with E-state index in [1.54, 1.807) is 36.4 Å². The maximum atomic E-state index is 12.4. The number of aliphatic carboxylic acids is 1. The number of carboxylic acid groups (broad SMARTS) is 1. The molecule has 1 aliphatic carbocycles. The van der Waals surface area contributed by atoms with Gasteiger partial charge >= 0.3 is 5.97 Å². The van der Waals surface area contributed by atoms with Gasteiger partial charge in [0.2, 0.25) is 5.91 Å². The highest BCUT2D eigenvalue weighted by Crippen LogP contribution is 2.30. The second kappa shape index (κ2) is 8.49. The first-order valence-electron chi connectivity index (χ1n) is 9.03. The third kappa shape index (κ3) is 4.94. The zero-order chi connectivity index (χ0) is 19.2. The Kier molecular flexibility index (Phi) is 5.86. The van der Waals surface area contributed by atoms with Crippen LogP contribution in [0.5, 0.6) is 0 Å². The summed E-state index contributed by atoms with van der Waals surface area (Å²) in [5.74, 6) is -1.96. The lowest BCUT2D eigenvalue weighted by molar-refractivity contribution is -0.143. The number of carbonyl (C=O) groups is 3. The fourth-order valence-corrected chi connectivity index (χ4v) is 3.33. The van der Waals surface area contributed by atoms with Crippen LogP contribution in [-0.2, 0) is 9.59 Å². The fraction of sp³-hybridized carbons (Fsp3) is 0.286. The molecular formula is C21H22N2O4. The SMILES string of the molecule is O=C(Nc1ccccc1)c1ccc(NC(=O)C2CCCC(C(=O)O)C2)cc1. The highest BCUT2D eigenvalue weighted by molar-refractivity contribution is 6.04. The molecule has 2 atom stereocenters. The van der Waals surface area contributed by atoms with Gasteiger partial charge in [-0.25, -0.2) is 0 Å². The molecule has 3 rings (SSSR count). The first kappa shape index (κ1) is 18.6. The number of para-hydroxylation sites is 1. The predicted octanol–water partition coefficient (Wildman–Crippen LogP) is 3.77. The Labute approximate surface area is 157 Å². The van der Waals surface area contributed by atoms with Crippen LogP contribution in [0.25, 0.3) is 0 Å². The van der Waals surface area contributed by atoms with Gasteiger partial charge in [-0.3, -0.25) is 14.4 Å². The minimum Gasteiger partial charge on any atom is -0.481 e. The summed E-state index contributed by atoms with van der Waals surface area (Å²) in [7, 11) is 0. The molecule has 1 fully saturated rings. The quantitative estimate of drug-likeness (QED) is 0.751. The Bertz CT molecular complexity index is 818. The van der Waals surface area contributed by atoms with E-state index in [0.29, 0.717) is 36.2 Å². The van der Waals surface area contributed by atoms with E-state index in [1.807, 2.05) is 18.2 Å². The molecule has 2 unspecified atom stereocenters. The Morgan fingerprint density at radius 2 is 1.44 bits per heavy atom. The van der Waals surface area contributed by atoms with E-state index >= 15 is 0 Å². The van der Waals surface area contributed by atoms with Gasteiger partial charge in [-0.05, 0) is 55.7 Å². The number of anilines is 2. The summed E-state index contributed by atoms with van der Waals surface area (Å²) >= 11 is 0. The van der Waals surface area contributed by atoms with Crippen molar-refractivity contribution in [2.75, 3.05) is 10.6 Å². The molecule has 0 saturated heterocycles. The number of benzene rings is 2. The van der Waals surface area contributed by atoms with Crippen LogP contribution < -0.4 is 10.6 Å². The van der Waals surface area contributed by atoms with Crippen molar-refractivity contribution in [2.45, 2.75) is 25.7 Å². The van der Waals surface area contributed by atoms with Crippen molar-refractivity contribution in [3.8, 4) is 0 Å². The molecule has 2 amide bonds. The molecule has 1 aliphatic rings. The molecule has 0 bridgehead atoms. The van der Waals surface area contributed by atoms with Crippen molar-refractivity contribution >= 4 is 29.2 Å². The van der Waals surface area contributed by atoms with Crippen LogP contribution in [0.1, 0.15) is 36.0 Å². The van der Waals surface area contributed by atoms with Crippen LogP contribution in [0.4, 0.5) is 11.4 Å². The van der Waals surface area contributed by atoms with Gasteiger partial charge in [0, 0.05) is 22.9 Å². The van der Waals surface area contributed by atoms with E-state index in [0.717, 1.165) is 6.42 Å². The van der Waals surface area contributed by atoms with Crippen LogP contribution in [0.2, 0.25) is 0 Å². The third-order valence-corrected chi connectivity index (χ3v) is 4.84. The molecule has 27 heavy (non-hydrogen) atoms. The van der Waals surface area contributed by atoms with Crippen molar-refractivity contribution in [1.82, 2.24) is 0 Å². The van der Waals surface area contributed by atoms with E-state index < -0.39 is 11.9 Å². The van der Waals surface area contributed by atoms with E-state index in [1.165, 1.54) is 0 Å². The predicted molar refractivity (Wildman–Crippen MR) is 103 cm³/mol. The standard InChI is InChI=1S/C21H22N2O4/c24-19(22-17-7-2-1-3-8-17)14-9-11-18(12-10-14)23-20(25)15-5-4-6-16(13-15)21(26)27/h1-3,7-12,15-16H,4-6,13H2,(H,22,24)(H,23,25)(H,26,27). The topological polar surface area (TPSA) is 95.5 Å². The van der Waals surface area contributed by atoms with E-state index in [4.69, 9.17) is 5.11 Å². The molecule has 0 spiro atoms. The van der Waals surface area contributed by atoms with Crippen molar-refractivity contribution in [1.29, 1.82) is 0 Å². The summed E-state index contributed by atoms with van der Waals surface area (Å²) in [4.78, 5) is 35.8. The molecule has 2 aromatic rings. The van der Waals surface area contributed by atoms with E-state index in [-0.39, 0.29) is 17.7 Å². The molecular weight excluding hydrogens is 344 g/mol. The molecule has 0 aliphatic heterocycles. The highest BCUT2D eigenvalue weighted by Gasteiger charge is 2.31. The van der Waals surface area contributed by atoms with Gasteiger partial charge in [0.25, 0.3) is 5.91 Å². The Balaban J connectivity index is 1.58. The second-order valence-electron chi connectivity index (χ2n) is 6.79. The van der Waals surface area contributed by atoms with Crippen molar-refractivity contribution in [2.24, 2.45) is 11.8 Å². The average Bonchev–Trinajstić information content (AvgIpc) is 2.69. The monoisotopic (exact) mass is 366 g/mol. The maximum Gasteiger partial charge on any atom is 0.306 e. The van der Waals surface area contributed by atoms with Gasteiger partial charge in [-0.2, -0.15) is 0 Å². The van der Waals surface area contributed by atoms with Gasteiger partial charge in [0.1, 0.15) is 0 Å². The number of hydrogen-bond acceptors (Lipinski definition) is 3. The number of hydrogen-bond donors (Lipinski definition) is 3. The number of carbonyl (C=O) groups excluding carboxylic acids is 2. The van der Waals surface area contributed by atoms with E-state index in [2.05, 4.69) is 10.6 Å². The average molecular weight is 366 g/mol. The number of nitrogens with one attached hydrogen (secondary N) is 2. The Morgan fingerprint density at radius 1 is 0.815 bits per heavy atom. The summed E-state index contributed by atoms with van der Waals surface area (Å²) in [6.07, 6.45) is 2.45. The highest BCUT2D eigenvalue weighted by atomic mass is 16.4. The lowest BCUT2D eigenvalue weighted by Crippen LogP contribution is -2.30. The summed E-state index contributed by atoms with van der Waals surface area (Å²) in [5.41, 5.74) is 1.79. The summed E-state index contributed by atoms with van der Waals surface area (Å²) in [6, 6.07) is 15.8. The fourth-order valence-electron chi connectivity index (χ4n) is 3.33. The van der Waals surface area contributed by atoms with Crippen molar-refractivity contribution in [3.63, 3.8) is 0 Å². The van der Waals surface area contributed by atoms with Gasteiger partial charge in [-0.15, -0.1) is 0 Å². The maximum absolute atomic E-state index is 12.4. The second-order valence-corrected chi connectivity index (χ2v) is 6.79. The van der Waals surface area contributed by atoms with E-state index in [9.17, 15) is 14.4 Å². The minimum atomic E-state index is -0.832. The lowest BCUT2D eigenvalue weighted by atomic mass is 9.81. The van der Waals surface area contributed by atoms with Gasteiger partial charge in [0.15, 0.2) is 0 Å². The summed E-state index contributed by atoms with van der Waals surface area (Å²) < 4.78 is 0. The normalized spacial score (nSPS) is 19.1. The first-order chi connectivity index (χ1) is 13.0. The van der Waals surface area contributed by atoms with Crippen molar-refractivity contribution < 1.29 is 19.5 Å². The Hall–Kier alpha value is -3.15. The molecule has 0 radical (unpaired) electrons. The van der Waals surface area contributed by atoms with Gasteiger partial charge in [0.05, 0.1) is 5.92 Å². The largest absolute Gasteiger partial charge is 0.481 e. The van der Waals surface area contributed by atoms with Crippen LogP contribution in [-0.4, -0.2) is 22.9 Å². The molecule has 140 valence electrons. The number of carboxylic acids is 1. The molecule has 0 heterocycles. The minimum absolute atomic E-state index is 0.164. The molecule has 2 aromatic carbocycles. The van der Waals surface area contributed by atoms with Gasteiger partial charge < -0.3 is 15.7 Å². The van der Waals surface area contributed by atoms with Crippen LogP contribution in [0, 0.1) is 11.8 Å². The number of amides is 2. The smallest absolute Gasteiger partial charge is 0.306 e. The number of rotatable bonds is 5. The molecule has 0 aromatic heterocycles. The van der Waals surface area contributed by atoms with Crippen LogP contribution in [0.15, 0.2) is 54.6 Å². The molecule has 6 nitrogen and oxygen atoms in total. The molecule has 1 saturated carbocycles. The summed E-state index contributed by atoms with van der Waals surface area (Å²) in [6.45, 7) is 0. The van der Waals surface area contributed by atoms with Crippen molar-refractivity contribution in [3.05, 3.63) is 60.2 Å². The molecule has 6 heteroatoms. The molecule has 3 N–H and O–H groups in total. The van der Waals surface area contributed by atoms with Crippen LogP contribution in [0.3, 0.4) is 0 Å².